The first kappa shape index (κ1) is 23.9. The molecule has 6 nitrogen and oxygen atoms in total. The summed E-state index contributed by atoms with van der Waals surface area (Å²) in [4.78, 5) is 14.3. The van der Waals surface area contributed by atoms with Gasteiger partial charge in [-0.15, -0.1) is 0 Å². The zero-order valence-corrected chi connectivity index (χ0v) is 20.9. The number of carbonyl (C=O) groups is 1. The van der Waals surface area contributed by atoms with E-state index in [1.54, 1.807) is 6.07 Å². The lowest BCUT2D eigenvalue weighted by atomic mass is 9.81. The average Bonchev–Trinajstić information content (AvgIpc) is 3.18. The number of ether oxygens (including phenoxy) is 1. The molecule has 0 unspecified atom stereocenters. The molecule has 3 aromatic rings. The summed E-state index contributed by atoms with van der Waals surface area (Å²) < 4.78 is 8.87. The number of likely N-dealkylation sites (N-methyl/N-ethyl adjacent to an activating group) is 1. The number of carboxylic acid groups (broad SMARTS) is 1. The largest absolute Gasteiger partial charge is 0.491 e. The molecule has 2 aliphatic rings. The highest BCUT2D eigenvalue weighted by Gasteiger charge is 2.31. The summed E-state index contributed by atoms with van der Waals surface area (Å²) in [6, 6.07) is 14.3. The Bertz CT molecular complexity index is 1200. The Balaban J connectivity index is 1.71. The molecule has 1 saturated carbocycles. The van der Waals surface area contributed by atoms with Crippen molar-refractivity contribution in [2.75, 3.05) is 33.8 Å². The van der Waals surface area contributed by atoms with Gasteiger partial charge in [-0.2, -0.15) is 0 Å². The van der Waals surface area contributed by atoms with E-state index in [-0.39, 0.29) is 6.04 Å². The number of hydrogen-bond donors (Lipinski definition) is 2. The minimum atomic E-state index is -0.878. The predicted molar refractivity (Wildman–Crippen MR) is 141 cm³/mol. The van der Waals surface area contributed by atoms with Crippen molar-refractivity contribution < 1.29 is 14.6 Å². The number of aromatic nitrogens is 1. The van der Waals surface area contributed by atoms with E-state index in [0.29, 0.717) is 18.1 Å². The second-order valence-corrected chi connectivity index (χ2v) is 10.1. The average molecular weight is 476 g/mol. The van der Waals surface area contributed by atoms with Gasteiger partial charge in [0.05, 0.1) is 17.3 Å². The predicted octanol–water partition coefficient (Wildman–Crippen LogP) is 5.36. The van der Waals surface area contributed by atoms with Gasteiger partial charge in [-0.25, -0.2) is 4.79 Å². The highest BCUT2D eigenvalue weighted by atomic mass is 16.5. The van der Waals surface area contributed by atoms with Gasteiger partial charge in [0, 0.05) is 23.0 Å². The zero-order valence-electron chi connectivity index (χ0n) is 20.9. The molecule has 2 heterocycles. The Morgan fingerprint density at radius 3 is 2.74 bits per heavy atom. The lowest BCUT2D eigenvalue weighted by molar-refractivity contribution is 0.0697. The van der Waals surface area contributed by atoms with Crippen molar-refractivity contribution >= 4 is 16.9 Å². The molecule has 0 amide bonds. The number of carboxylic acids is 1. The molecule has 0 spiro atoms. The van der Waals surface area contributed by atoms with Crippen molar-refractivity contribution in [3.63, 3.8) is 0 Å². The Morgan fingerprint density at radius 1 is 1.17 bits per heavy atom. The molecule has 1 aromatic heterocycles. The molecular weight excluding hydrogens is 438 g/mol. The SMILES string of the molecule is CNCCCN(C)[C@H]1COc2ccccc2-c2c(C3CCCCC3)c3ccc(C(=O)O)cc3n2C1. The minimum Gasteiger partial charge on any atom is -0.491 e. The third-order valence-electron chi connectivity index (χ3n) is 7.89. The first-order valence-electron chi connectivity index (χ1n) is 13.0. The van der Waals surface area contributed by atoms with Gasteiger partial charge in [-0.3, -0.25) is 4.90 Å². The van der Waals surface area contributed by atoms with Crippen molar-refractivity contribution in [2.24, 2.45) is 0 Å². The summed E-state index contributed by atoms with van der Waals surface area (Å²) in [6.07, 6.45) is 7.23. The van der Waals surface area contributed by atoms with Crippen molar-refractivity contribution in [3.8, 4) is 17.0 Å². The lowest BCUT2D eigenvalue weighted by Gasteiger charge is -2.32. The maximum Gasteiger partial charge on any atom is 0.335 e. The Labute approximate surface area is 207 Å². The van der Waals surface area contributed by atoms with Gasteiger partial charge in [0.25, 0.3) is 0 Å². The van der Waals surface area contributed by atoms with Crippen LogP contribution in [0.25, 0.3) is 22.2 Å². The molecule has 2 aromatic carbocycles. The maximum atomic E-state index is 11.9. The zero-order chi connectivity index (χ0) is 24.4. The van der Waals surface area contributed by atoms with Crippen LogP contribution in [0.2, 0.25) is 0 Å². The van der Waals surface area contributed by atoms with Gasteiger partial charge in [0.1, 0.15) is 12.4 Å². The number of fused-ring (bicyclic) bond motifs is 5. The Hall–Kier alpha value is -2.83. The third-order valence-corrected chi connectivity index (χ3v) is 7.89. The molecule has 0 radical (unpaired) electrons. The van der Waals surface area contributed by atoms with Crippen LogP contribution < -0.4 is 10.1 Å². The van der Waals surface area contributed by atoms with E-state index >= 15 is 0 Å². The molecule has 5 rings (SSSR count). The van der Waals surface area contributed by atoms with Gasteiger partial charge in [0.2, 0.25) is 0 Å². The minimum absolute atomic E-state index is 0.183. The van der Waals surface area contributed by atoms with Gasteiger partial charge in [-0.05, 0) is 82.2 Å². The number of para-hydroxylation sites is 1. The second-order valence-electron chi connectivity index (χ2n) is 10.1. The standard InChI is InChI=1S/C29H37N3O3/c1-30-15-8-16-31(2)22-18-32-25-17-21(29(33)34)13-14-23(25)27(20-9-4-3-5-10-20)28(32)24-11-6-7-12-26(24)35-19-22/h6-7,11-14,17,20,22,30H,3-5,8-10,15-16,18-19H2,1-2H3,(H,33,34)/t22-/m1/s1. The number of hydrogen-bond acceptors (Lipinski definition) is 4. The molecule has 0 saturated heterocycles. The van der Waals surface area contributed by atoms with Gasteiger partial charge in [0.15, 0.2) is 0 Å². The van der Waals surface area contributed by atoms with Crippen LogP contribution in [0.3, 0.4) is 0 Å². The molecule has 6 heteroatoms. The van der Waals surface area contributed by atoms with E-state index < -0.39 is 5.97 Å². The van der Waals surface area contributed by atoms with Crippen LogP contribution in [-0.2, 0) is 6.54 Å². The fourth-order valence-electron chi connectivity index (χ4n) is 5.99. The van der Waals surface area contributed by atoms with Crippen LogP contribution in [0.15, 0.2) is 42.5 Å². The number of aromatic carboxylic acids is 1. The second kappa shape index (κ2) is 10.4. The number of nitrogens with one attached hydrogen (secondary N) is 1. The normalized spacial score (nSPS) is 18.5. The summed E-state index contributed by atoms with van der Waals surface area (Å²) in [5.74, 6) is 0.523. The summed E-state index contributed by atoms with van der Waals surface area (Å²) in [6.45, 7) is 3.32. The fraction of sp³-hybridized carbons (Fsp3) is 0.483. The van der Waals surface area contributed by atoms with Crippen molar-refractivity contribution in [1.82, 2.24) is 14.8 Å². The molecule has 1 aliphatic heterocycles. The molecule has 186 valence electrons. The maximum absolute atomic E-state index is 11.9. The topological polar surface area (TPSA) is 66.7 Å². The van der Waals surface area contributed by atoms with Crippen LogP contribution in [0, 0.1) is 0 Å². The molecule has 35 heavy (non-hydrogen) atoms. The molecule has 2 N–H and O–H groups in total. The molecule has 1 aliphatic carbocycles. The number of benzene rings is 2. The Kier molecular flexibility index (Phi) is 7.12. The summed E-state index contributed by atoms with van der Waals surface area (Å²) >= 11 is 0. The van der Waals surface area contributed by atoms with Crippen LogP contribution in [0.1, 0.15) is 60.4 Å². The summed E-state index contributed by atoms with van der Waals surface area (Å²) in [5.41, 5.74) is 5.10. The van der Waals surface area contributed by atoms with E-state index in [9.17, 15) is 9.90 Å². The lowest BCUT2D eigenvalue weighted by Crippen LogP contribution is -2.41. The third kappa shape index (κ3) is 4.69. The quantitative estimate of drug-likeness (QED) is 0.451. The summed E-state index contributed by atoms with van der Waals surface area (Å²) in [7, 11) is 4.16. The number of nitrogens with zero attached hydrogens (tertiary/aromatic N) is 2. The van der Waals surface area contributed by atoms with E-state index in [0.717, 1.165) is 42.9 Å². The first-order valence-corrected chi connectivity index (χ1v) is 13.0. The fourth-order valence-corrected chi connectivity index (χ4v) is 5.99. The van der Waals surface area contributed by atoms with Crippen LogP contribution >= 0.6 is 0 Å². The first-order chi connectivity index (χ1) is 17.1. The molecule has 0 bridgehead atoms. The van der Waals surface area contributed by atoms with Gasteiger partial charge >= 0.3 is 5.97 Å². The van der Waals surface area contributed by atoms with Crippen molar-refractivity contribution in [1.29, 1.82) is 0 Å². The highest BCUT2D eigenvalue weighted by Crippen LogP contribution is 2.47. The van der Waals surface area contributed by atoms with Crippen LogP contribution in [0.5, 0.6) is 5.75 Å². The van der Waals surface area contributed by atoms with Gasteiger partial charge < -0.3 is 19.7 Å². The monoisotopic (exact) mass is 475 g/mol. The van der Waals surface area contributed by atoms with Crippen LogP contribution in [0.4, 0.5) is 0 Å². The van der Waals surface area contributed by atoms with E-state index in [4.69, 9.17) is 4.74 Å². The van der Waals surface area contributed by atoms with Gasteiger partial charge in [-0.1, -0.05) is 37.5 Å². The molecular formula is C29H37N3O3. The van der Waals surface area contributed by atoms with Crippen molar-refractivity contribution in [3.05, 3.63) is 53.6 Å². The Morgan fingerprint density at radius 2 is 1.97 bits per heavy atom. The van der Waals surface area contributed by atoms with Crippen LogP contribution in [-0.4, -0.2) is 60.4 Å². The molecule has 1 fully saturated rings. The summed E-state index contributed by atoms with van der Waals surface area (Å²) in [5, 5.41) is 14.2. The number of rotatable bonds is 7. The molecule has 1 atom stereocenters. The van der Waals surface area contributed by atoms with E-state index in [2.05, 4.69) is 46.1 Å². The van der Waals surface area contributed by atoms with E-state index in [1.807, 2.05) is 19.2 Å². The highest BCUT2D eigenvalue weighted by molar-refractivity contribution is 5.98. The van der Waals surface area contributed by atoms with E-state index in [1.165, 1.54) is 48.7 Å². The van der Waals surface area contributed by atoms with Crippen molar-refractivity contribution in [2.45, 2.75) is 57.0 Å². The smallest absolute Gasteiger partial charge is 0.335 e.